The van der Waals surface area contributed by atoms with Crippen molar-refractivity contribution >= 4 is 27.6 Å². The summed E-state index contributed by atoms with van der Waals surface area (Å²) < 4.78 is 26.8. The summed E-state index contributed by atoms with van der Waals surface area (Å²) in [5, 5.41) is 8.30. The van der Waals surface area contributed by atoms with Gasteiger partial charge in [0.1, 0.15) is 5.69 Å². The Morgan fingerprint density at radius 1 is 1.00 bits per heavy atom. The minimum absolute atomic E-state index is 0.0178. The molecule has 0 atom stereocenters. The molecule has 132 valence electrons. The topological polar surface area (TPSA) is 147 Å². The van der Waals surface area contributed by atoms with E-state index in [2.05, 4.69) is 30.2 Å². The molecular weight excluding hydrogens is 360 g/mol. The predicted molar refractivity (Wildman–Crippen MR) is 92.1 cm³/mol. The van der Waals surface area contributed by atoms with Gasteiger partial charge in [0.05, 0.1) is 4.90 Å². The number of carbonyl (C=O) groups excluding carboxylic acids is 1. The molecule has 0 saturated carbocycles. The van der Waals surface area contributed by atoms with Crippen molar-refractivity contribution in [2.75, 3.05) is 10.0 Å². The molecule has 1 amide bonds. The van der Waals surface area contributed by atoms with Gasteiger partial charge >= 0.3 is 0 Å². The summed E-state index contributed by atoms with van der Waals surface area (Å²) in [7, 11) is -3.86. The van der Waals surface area contributed by atoms with E-state index in [9.17, 15) is 18.0 Å². The van der Waals surface area contributed by atoms with Crippen LogP contribution in [-0.2, 0) is 10.0 Å². The lowest BCUT2D eigenvalue weighted by atomic mass is 10.3. The lowest BCUT2D eigenvalue weighted by Gasteiger charge is -2.08. The van der Waals surface area contributed by atoms with Gasteiger partial charge in [0.15, 0.2) is 0 Å². The van der Waals surface area contributed by atoms with E-state index in [4.69, 9.17) is 0 Å². The molecule has 11 heteroatoms. The van der Waals surface area contributed by atoms with Crippen molar-refractivity contribution in [2.45, 2.75) is 4.90 Å². The van der Waals surface area contributed by atoms with E-state index in [0.29, 0.717) is 5.69 Å². The summed E-state index contributed by atoms with van der Waals surface area (Å²) in [5.41, 5.74) is -0.0480. The van der Waals surface area contributed by atoms with Gasteiger partial charge in [-0.1, -0.05) is 0 Å². The molecular formula is C15H12N6O4S. The van der Waals surface area contributed by atoms with Gasteiger partial charge in [-0.2, -0.15) is 5.10 Å². The third-order valence-corrected chi connectivity index (χ3v) is 4.47. The molecule has 0 aliphatic carbocycles. The highest BCUT2D eigenvalue weighted by Gasteiger charge is 2.16. The van der Waals surface area contributed by atoms with E-state index in [0.717, 1.165) is 0 Å². The third-order valence-electron chi connectivity index (χ3n) is 3.13. The standard InChI is InChI=1S/C15H12N6O4S/c22-13-7-6-12(19-20-13)14(23)18-10-2-4-11(5-3-10)26(24,25)21-15-16-8-1-9-17-15/h1-9H,(H,18,23)(H,20,22)(H,16,17,21). The minimum Gasteiger partial charge on any atom is -0.321 e. The Kier molecular flexibility index (Phi) is 4.71. The molecule has 0 saturated heterocycles. The Labute approximate surface area is 147 Å². The number of aromatic nitrogens is 4. The second-order valence-corrected chi connectivity index (χ2v) is 6.65. The summed E-state index contributed by atoms with van der Waals surface area (Å²) in [6.45, 7) is 0. The number of H-pyrrole nitrogens is 1. The summed E-state index contributed by atoms with van der Waals surface area (Å²) >= 11 is 0. The van der Waals surface area contributed by atoms with Crippen LogP contribution in [0.25, 0.3) is 0 Å². The number of amides is 1. The van der Waals surface area contributed by atoms with Crippen LogP contribution in [0.4, 0.5) is 11.6 Å². The molecule has 0 unspecified atom stereocenters. The van der Waals surface area contributed by atoms with Crippen molar-refractivity contribution in [2.24, 2.45) is 0 Å². The van der Waals surface area contributed by atoms with Gasteiger partial charge in [0, 0.05) is 24.1 Å². The highest BCUT2D eigenvalue weighted by atomic mass is 32.2. The Bertz CT molecular complexity index is 1060. The number of benzene rings is 1. The molecule has 3 aromatic rings. The summed E-state index contributed by atoms with van der Waals surface area (Å²) in [6, 6.07) is 9.49. The van der Waals surface area contributed by atoms with Crippen LogP contribution in [0.5, 0.6) is 0 Å². The Balaban J connectivity index is 1.72. The fourth-order valence-corrected chi connectivity index (χ4v) is 2.87. The molecule has 2 heterocycles. The van der Waals surface area contributed by atoms with E-state index < -0.39 is 21.5 Å². The number of rotatable bonds is 5. The number of hydrogen-bond acceptors (Lipinski definition) is 7. The van der Waals surface area contributed by atoms with Crippen molar-refractivity contribution < 1.29 is 13.2 Å². The molecule has 3 rings (SSSR count). The van der Waals surface area contributed by atoms with Gasteiger partial charge in [0.25, 0.3) is 21.5 Å². The molecule has 1 aromatic carbocycles. The first kappa shape index (κ1) is 17.2. The fourth-order valence-electron chi connectivity index (χ4n) is 1.91. The maximum Gasteiger partial charge on any atom is 0.276 e. The zero-order chi connectivity index (χ0) is 18.6. The molecule has 0 bridgehead atoms. The van der Waals surface area contributed by atoms with Crippen LogP contribution >= 0.6 is 0 Å². The molecule has 3 N–H and O–H groups in total. The number of hydrogen-bond donors (Lipinski definition) is 3. The molecule has 0 spiro atoms. The minimum atomic E-state index is -3.86. The molecule has 0 aliphatic rings. The van der Waals surface area contributed by atoms with Crippen LogP contribution in [0.2, 0.25) is 0 Å². The van der Waals surface area contributed by atoms with Crippen LogP contribution < -0.4 is 15.6 Å². The van der Waals surface area contributed by atoms with Gasteiger partial charge in [-0.15, -0.1) is 0 Å². The molecule has 26 heavy (non-hydrogen) atoms. The average molecular weight is 372 g/mol. The fraction of sp³-hybridized carbons (Fsp3) is 0. The van der Waals surface area contributed by atoms with Gasteiger partial charge in [-0.25, -0.2) is 28.2 Å². The Morgan fingerprint density at radius 3 is 2.31 bits per heavy atom. The highest BCUT2D eigenvalue weighted by molar-refractivity contribution is 7.92. The van der Waals surface area contributed by atoms with Crippen LogP contribution in [-0.4, -0.2) is 34.5 Å². The SMILES string of the molecule is O=C(Nc1ccc(S(=O)(=O)Nc2ncccn2)cc1)c1ccc(=O)[nH]n1. The predicted octanol–water partition coefficient (Wildman–Crippen LogP) is 0.613. The van der Waals surface area contributed by atoms with Crippen molar-refractivity contribution in [1.82, 2.24) is 20.2 Å². The quantitative estimate of drug-likeness (QED) is 0.594. The first-order chi connectivity index (χ1) is 12.4. The maximum absolute atomic E-state index is 12.3. The van der Waals surface area contributed by atoms with Gasteiger partial charge in [-0.05, 0) is 36.4 Å². The molecule has 10 nitrogen and oxygen atoms in total. The Morgan fingerprint density at radius 2 is 1.69 bits per heavy atom. The van der Waals surface area contributed by atoms with E-state index in [1.54, 1.807) is 6.07 Å². The lowest BCUT2D eigenvalue weighted by molar-refractivity contribution is 0.102. The average Bonchev–Trinajstić information content (AvgIpc) is 2.63. The maximum atomic E-state index is 12.3. The summed E-state index contributed by atoms with van der Waals surface area (Å²) in [5.74, 6) is -0.596. The zero-order valence-electron chi connectivity index (χ0n) is 13.1. The normalized spacial score (nSPS) is 10.9. The first-order valence-electron chi connectivity index (χ1n) is 7.21. The van der Waals surface area contributed by atoms with Crippen LogP contribution in [0, 0.1) is 0 Å². The van der Waals surface area contributed by atoms with Crippen LogP contribution in [0.15, 0.2) is 64.5 Å². The van der Waals surface area contributed by atoms with Gasteiger partial charge < -0.3 is 5.32 Å². The second kappa shape index (κ2) is 7.11. The number of nitrogens with one attached hydrogen (secondary N) is 3. The summed E-state index contributed by atoms with van der Waals surface area (Å²) in [4.78, 5) is 30.5. The third kappa shape index (κ3) is 4.08. The Hall–Kier alpha value is -3.60. The molecule has 2 aromatic heterocycles. The van der Waals surface area contributed by atoms with Crippen molar-refractivity contribution in [3.05, 3.63) is 70.9 Å². The largest absolute Gasteiger partial charge is 0.321 e. The van der Waals surface area contributed by atoms with Crippen molar-refractivity contribution in [1.29, 1.82) is 0 Å². The monoisotopic (exact) mass is 372 g/mol. The second-order valence-electron chi connectivity index (χ2n) is 4.96. The number of anilines is 2. The number of aromatic amines is 1. The lowest BCUT2D eigenvalue weighted by Crippen LogP contribution is -2.18. The number of sulfonamides is 1. The molecule has 0 fully saturated rings. The van der Waals surface area contributed by atoms with Crippen LogP contribution in [0.3, 0.4) is 0 Å². The number of carbonyl (C=O) groups is 1. The smallest absolute Gasteiger partial charge is 0.276 e. The van der Waals surface area contributed by atoms with Crippen molar-refractivity contribution in [3.63, 3.8) is 0 Å². The summed E-state index contributed by atoms with van der Waals surface area (Å²) in [6.07, 6.45) is 2.82. The van der Waals surface area contributed by atoms with Crippen molar-refractivity contribution in [3.8, 4) is 0 Å². The number of nitrogens with zero attached hydrogens (tertiary/aromatic N) is 3. The highest BCUT2D eigenvalue weighted by Crippen LogP contribution is 2.16. The van der Waals surface area contributed by atoms with E-state index >= 15 is 0 Å². The van der Waals surface area contributed by atoms with E-state index in [1.165, 1.54) is 48.8 Å². The van der Waals surface area contributed by atoms with Gasteiger partial charge in [-0.3, -0.25) is 9.59 Å². The first-order valence-corrected chi connectivity index (χ1v) is 8.69. The zero-order valence-corrected chi connectivity index (χ0v) is 13.9. The van der Waals surface area contributed by atoms with E-state index in [-0.39, 0.29) is 16.5 Å². The van der Waals surface area contributed by atoms with E-state index in [1.807, 2.05) is 0 Å². The molecule has 0 aliphatic heterocycles. The molecule has 0 radical (unpaired) electrons. The van der Waals surface area contributed by atoms with Gasteiger partial charge in [0.2, 0.25) is 5.95 Å². The van der Waals surface area contributed by atoms with Crippen LogP contribution in [0.1, 0.15) is 10.5 Å².